The van der Waals surface area contributed by atoms with E-state index in [-0.39, 0.29) is 11.9 Å². The number of amides is 3. The van der Waals surface area contributed by atoms with Gasteiger partial charge in [-0.1, -0.05) is 6.07 Å². The van der Waals surface area contributed by atoms with Crippen LogP contribution in [0.5, 0.6) is 0 Å². The highest BCUT2D eigenvalue weighted by atomic mass is 35.5. The Morgan fingerprint density at radius 3 is 2.24 bits per heavy atom. The molecule has 2 aromatic rings. The van der Waals surface area contributed by atoms with E-state index < -0.39 is 0 Å². The molecule has 0 spiro atoms. The Morgan fingerprint density at radius 2 is 1.58 bits per heavy atom. The normalized spacial score (nSPS) is 13.5. The lowest BCUT2D eigenvalue weighted by atomic mass is 10.2. The molecule has 0 atom stereocenters. The van der Waals surface area contributed by atoms with Gasteiger partial charge in [-0.2, -0.15) is 0 Å². The third-order valence-electron chi connectivity index (χ3n) is 5.49. The van der Waals surface area contributed by atoms with E-state index in [4.69, 9.17) is 23.2 Å². The second-order valence-electron chi connectivity index (χ2n) is 7.88. The van der Waals surface area contributed by atoms with E-state index in [1.807, 2.05) is 24.3 Å². The minimum atomic E-state index is -0.382. The van der Waals surface area contributed by atoms with Crippen molar-refractivity contribution in [1.82, 2.24) is 10.2 Å². The summed E-state index contributed by atoms with van der Waals surface area (Å²) in [5, 5.41) is 8.54. The topological polar surface area (TPSA) is 76.7 Å². The van der Waals surface area contributed by atoms with Gasteiger partial charge in [0.1, 0.15) is 0 Å². The largest absolute Gasteiger partial charge is 0.369 e. The zero-order valence-electron chi connectivity index (χ0n) is 18.7. The molecule has 0 saturated carbocycles. The van der Waals surface area contributed by atoms with Crippen molar-refractivity contribution in [2.45, 2.75) is 12.8 Å². The number of hydrogen-bond donors (Lipinski definition) is 3. The third-order valence-corrected chi connectivity index (χ3v) is 5.83. The van der Waals surface area contributed by atoms with Crippen LogP contribution in [-0.2, 0) is 0 Å². The summed E-state index contributed by atoms with van der Waals surface area (Å²) in [6.45, 7) is 5.08. The molecule has 0 aromatic heterocycles. The quantitative estimate of drug-likeness (QED) is 0.406. The van der Waals surface area contributed by atoms with Crippen molar-refractivity contribution >= 4 is 52.2 Å². The summed E-state index contributed by atoms with van der Waals surface area (Å²) < 4.78 is 0. The van der Waals surface area contributed by atoms with Crippen molar-refractivity contribution in [1.29, 1.82) is 0 Å². The average molecular weight is 492 g/mol. The third kappa shape index (κ3) is 8.11. The number of likely N-dealkylation sites (tertiary alicyclic amines) is 1. The van der Waals surface area contributed by atoms with Gasteiger partial charge in [-0.05, 0) is 68.4 Å². The van der Waals surface area contributed by atoms with Crippen molar-refractivity contribution in [3.63, 3.8) is 0 Å². The van der Waals surface area contributed by atoms with E-state index in [0.29, 0.717) is 48.3 Å². The van der Waals surface area contributed by atoms with Crippen molar-refractivity contribution in [2.24, 2.45) is 0 Å². The van der Waals surface area contributed by atoms with Gasteiger partial charge >= 0.3 is 6.03 Å². The predicted molar refractivity (Wildman–Crippen MR) is 137 cm³/mol. The Kier molecular flexibility index (Phi) is 10.1. The number of rotatable bonds is 11. The van der Waals surface area contributed by atoms with Gasteiger partial charge in [0, 0.05) is 60.6 Å². The van der Waals surface area contributed by atoms with Crippen LogP contribution in [0, 0.1) is 0 Å². The number of anilines is 3. The van der Waals surface area contributed by atoms with Gasteiger partial charge in [0.15, 0.2) is 0 Å². The molecular weight excluding hydrogens is 461 g/mol. The lowest BCUT2D eigenvalue weighted by Gasteiger charge is -2.23. The van der Waals surface area contributed by atoms with E-state index in [1.165, 1.54) is 12.8 Å². The number of hydrogen-bond acceptors (Lipinski definition) is 4. The van der Waals surface area contributed by atoms with Crippen LogP contribution in [0.15, 0.2) is 48.5 Å². The lowest BCUT2D eigenvalue weighted by molar-refractivity contribution is 0.0949. The van der Waals surface area contributed by atoms with Crippen LogP contribution in [0.3, 0.4) is 0 Å². The Labute approximate surface area is 205 Å². The second-order valence-corrected chi connectivity index (χ2v) is 8.63. The van der Waals surface area contributed by atoms with E-state index in [0.717, 1.165) is 25.3 Å². The summed E-state index contributed by atoms with van der Waals surface area (Å²) in [6.07, 6.45) is 2.46. The molecule has 3 rings (SSSR count). The van der Waals surface area contributed by atoms with Gasteiger partial charge in [-0.25, -0.2) is 4.79 Å². The van der Waals surface area contributed by atoms with Crippen LogP contribution in [0.25, 0.3) is 0 Å². The summed E-state index contributed by atoms with van der Waals surface area (Å²) in [6, 6.07) is 14.0. The lowest BCUT2D eigenvalue weighted by Crippen LogP contribution is -2.33. The fourth-order valence-electron chi connectivity index (χ4n) is 3.80. The SMILES string of the molecule is O=C(Nc1ccc(N(CCCl)CCCl)cc1)Nc1cccc(C(=O)NCCN2CCCC2)c1. The van der Waals surface area contributed by atoms with Gasteiger partial charge in [0.25, 0.3) is 5.91 Å². The van der Waals surface area contributed by atoms with Crippen LogP contribution in [0.1, 0.15) is 23.2 Å². The zero-order chi connectivity index (χ0) is 23.5. The Bertz CT molecular complexity index is 898. The number of halogens is 2. The fourth-order valence-corrected chi connectivity index (χ4v) is 4.21. The number of alkyl halides is 2. The van der Waals surface area contributed by atoms with E-state index in [1.54, 1.807) is 24.3 Å². The first-order valence-electron chi connectivity index (χ1n) is 11.2. The minimum absolute atomic E-state index is 0.146. The van der Waals surface area contributed by atoms with Crippen LogP contribution in [0.2, 0.25) is 0 Å². The van der Waals surface area contributed by atoms with Crippen molar-refractivity contribution in [3.05, 3.63) is 54.1 Å². The summed E-state index contributed by atoms with van der Waals surface area (Å²) in [5.74, 6) is 0.871. The standard InChI is InChI=1S/C24H31Cl2N5O2/c25-10-15-31(16-11-26)22-8-6-20(7-9-22)28-24(33)29-21-5-3-4-19(18-21)23(32)27-12-17-30-13-1-2-14-30/h3-9,18H,1-2,10-17H2,(H,27,32)(H2,28,29,33). The molecule has 1 aliphatic rings. The molecule has 1 saturated heterocycles. The fraction of sp³-hybridized carbons (Fsp3) is 0.417. The molecule has 178 valence electrons. The second kappa shape index (κ2) is 13.3. The molecule has 0 aliphatic carbocycles. The molecule has 1 aliphatic heterocycles. The highest BCUT2D eigenvalue weighted by Gasteiger charge is 2.12. The maximum atomic E-state index is 12.4. The smallest absolute Gasteiger partial charge is 0.323 e. The van der Waals surface area contributed by atoms with Crippen molar-refractivity contribution < 1.29 is 9.59 Å². The molecule has 9 heteroatoms. The highest BCUT2D eigenvalue weighted by Crippen LogP contribution is 2.19. The van der Waals surface area contributed by atoms with Gasteiger partial charge < -0.3 is 25.8 Å². The Morgan fingerprint density at radius 1 is 0.909 bits per heavy atom. The molecule has 0 unspecified atom stereocenters. The molecule has 1 heterocycles. The average Bonchev–Trinajstić information content (AvgIpc) is 3.33. The molecule has 3 N–H and O–H groups in total. The summed E-state index contributed by atoms with van der Waals surface area (Å²) in [4.78, 5) is 29.3. The van der Waals surface area contributed by atoms with Crippen molar-refractivity contribution in [3.8, 4) is 0 Å². The predicted octanol–water partition coefficient (Wildman–Crippen LogP) is 4.44. The first-order valence-corrected chi connectivity index (χ1v) is 12.3. The van der Waals surface area contributed by atoms with Crippen LogP contribution >= 0.6 is 23.2 Å². The van der Waals surface area contributed by atoms with Gasteiger partial charge in [-0.15, -0.1) is 23.2 Å². The molecule has 3 amide bonds. The molecule has 7 nitrogen and oxygen atoms in total. The number of benzene rings is 2. The number of urea groups is 1. The van der Waals surface area contributed by atoms with E-state index in [9.17, 15) is 9.59 Å². The summed E-state index contributed by atoms with van der Waals surface area (Å²) in [7, 11) is 0. The van der Waals surface area contributed by atoms with E-state index >= 15 is 0 Å². The molecule has 0 radical (unpaired) electrons. The van der Waals surface area contributed by atoms with Crippen LogP contribution < -0.4 is 20.9 Å². The monoisotopic (exact) mass is 491 g/mol. The molecule has 2 aromatic carbocycles. The maximum absolute atomic E-state index is 12.4. The number of carbonyl (C=O) groups excluding carboxylic acids is 2. The maximum Gasteiger partial charge on any atom is 0.323 e. The summed E-state index contributed by atoms with van der Waals surface area (Å²) in [5.41, 5.74) is 2.71. The van der Waals surface area contributed by atoms with Gasteiger partial charge in [0.05, 0.1) is 0 Å². The molecule has 0 bridgehead atoms. The van der Waals surface area contributed by atoms with Gasteiger partial charge in [-0.3, -0.25) is 4.79 Å². The van der Waals surface area contributed by atoms with Crippen LogP contribution in [-0.4, -0.2) is 67.9 Å². The van der Waals surface area contributed by atoms with Crippen molar-refractivity contribution in [2.75, 3.05) is 66.6 Å². The van der Waals surface area contributed by atoms with E-state index in [2.05, 4.69) is 25.8 Å². The first-order chi connectivity index (χ1) is 16.1. The first kappa shape index (κ1) is 25.1. The van der Waals surface area contributed by atoms with Crippen LogP contribution in [0.4, 0.5) is 21.9 Å². The zero-order valence-corrected chi connectivity index (χ0v) is 20.2. The molecule has 1 fully saturated rings. The Hall–Kier alpha value is -2.48. The highest BCUT2D eigenvalue weighted by molar-refractivity contribution is 6.18. The van der Waals surface area contributed by atoms with Gasteiger partial charge in [0.2, 0.25) is 0 Å². The molecule has 33 heavy (non-hydrogen) atoms. The minimum Gasteiger partial charge on any atom is -0.369 e. The number of nitrogens with one attached hydrogen (secondary N) is 3. The number of nitrogens with zero attached hydrogens (tertiary/aromatic N) is 2. The number of carbonyl (C=O) groups is 2. The Balaban J connectivity index is 1.50. The molecular formula is C24H31Cl2N5O2. The summed E-state index contributed by atoms with van der Waals surface area (Å²) >= 11 is 11.7.